The number of nitrogens with one attached hydrogen (secondary N) is 1. The number of amides is 1. The molecule has 1 saturated heterocycles. The molecule has 0 unspecified atom stereocenters. The van der Waals surface area contributed by atoms with E-state index in [1.54, 1.807) is 0 Å². The molecule has 0 aliphatic carbocycles. The van der Waals surface area contributed by atoms with E-state index in [4.69, 9.17) is 16.3 Å². The molecule has 2 aliphatic rings. The Kier molecular flexibility index (Phi) is 6.66. The summed E-state index contributed by atoms with van der Waals surface area (Å²) in [4.78, 5) is 17.7. The standard InChI is InChI=1S/C26H30ClFN4O2/c1-2-20-17-32-23(16-21-22(27)8-9-24(34-20)25(21)32)26(33)29-10-3-11-30-12-14-31(15-13-30)19-6-4-18(28)5-7-19/h4-9,16,20H,2-3,10-15,17H2,1H3,(H,29,33)/t20-/m1/s1. The van der Waals surface area contributed by atoms with Crippen LogP contribution in [0.1, 0.15) is 30.3 Å². The maximum Gasteiger partial charge on any atom is 0.267 e. The molecule has 1 N–H and O–H groups in total. The molecule has 1 amide bonds. The van der Waals surface area contributed by atoms with Crippen LogP contribution in [0.5, 0.6) is 5.75 Å². The Morgan fingerprint density at radius 3 is 2.65 bits per heavy atom. The SMILES string of the molecule is CC[C@@H]1Cn2c(C(=O)NCCCN3CCN(c4ccc(F)cc4)CC3)cc3c(Cl)ccc(c32)O1. The Hall–Kier alpha value is -2.77. The molecule has 5 rings (SSSR count). The molecule has 34 heavy (non-hydrogen) atoms. The number of hydrogen-bond acceptors (Lipinski definition) is 4. The molecule has 2 aromatic carbocycles. The molecule has 1 aromatic heterocycles. The van der Waals surface area contributed by atoms with E-state index in [0.29, 0.717) is 23.8 Å². The third kappa shape index (κ3) is 4.59. The lowest BCUT2D eigenvalue weighted by molar-refractivity contribution is 0.0935. The molecule has 1 fully saturated rings. The Balaban J connectivity index is 1.14. The number of hydrogen-bond donors (Lipinski definition) is 1. The first-order valence-corrected chi connectivity index (χ1v) is 12.4. The number of halogens is 2. The van der Waals surface area contributed by atoms with Crippen molar-refractivity contribution < 1.29 is 13.9 Å². The van der Waals surface area contributed by atoms with E-state index >= 15 is 0 Å². The number of piperazine rings is 1. The van der Waals surface area contributed by atoms with E-state index in [0.717, 1.165) is 67.9 Å². The van der Waals surface area contributed by atoms with Crippen LogP contribution in [0.25, 0.3) is 10.9 Å². The van der Waals surface area contributed by atoms with Crippen molar-refractivity contribution in [1.82, 2.24) is 14.8 Å². The summed E-state index contributed by atoms with van der Waals surface area (Å²) in [6.45, 7) is 8.04. The average Bonchev–Trinajstić information content (AvgIpc) is 3.26. The molecular formula is C26H30ClFN4O2. The van der Waals surface area contributed by atoms with Gasteiger partial charge in [-0.25, -0.2) is 4.39 Å². The van der Waals surface area contributed by atoms with Crippen LogP contribution >= 0.6 is 11.6 Å². The quantitative estimate of drug-likeness (QED) is 0.500. The fraction of sp³-hybridized carbons (Fsp3) is 0.423. The topological polar surface area (TPSA) is 49.7 Å². The monoisotopic (exact) mass is 484 g/mol. The number of carbonyl (C=O) groups excluding carboxylic acids is 1. The summed E-state index contributed by atoms with van der Waals surface area (Å²) in [6.07, 6.45) is 1.80. The van der Waals surface area contributed by atoms with E-state index < -0.39 is 0 Å². The molecule has 0 spiro atoms. The Morgan fingerprint density at radius 2 is 1.91 bits per heavy atom. The van der Waals surface area contributed by atoms with E-state index in [9.17, 15) is 9.18 Å². The summed E-state index contributed by atoms with van der Waals surface area (Å²) >= 11 is 6.41. The smallest absolute Gasteiger partial charge is 0.267 e. The Labute approximate surface area is 204 Å². The van der Waals surface area contributed by atoms with Crippen LogP contribution in [0.2, 0.25) is 5.02 Å². The number of rotatable bonds is 7. The third-order valence-electron chi connectivity index (χ3n) is 6.84. The molecule has 3 heterocycles. The summed E-state index contributed by atoms with van der Waals surface area (Å²) in [6, 6.07) is 12.3. The zero-order valence-electron chi connectivity index (χ0n) is 19.4. The molecule has 0 radical (unpaired) electrons. The van der Waals surface area contributed by atoms with Crippen LogP contribution in [0.15, 0.2) is 42.5 Å². The Morgan fingerprint density at radius 1 is 1.15 bits per heavy atom. The summed E-state index contributed by atoms with van der Waals surface area (Å²) in [5.74, 6) is 0.511. The van der Waals surface area contributed by atoms with Gasteiger partial charge in [0.25, 0.3) is 5.91 Å². The minimum absolute atomic E-state index is 0.0457. The normalized spacial score (nSPS) is 18.2. The van der Waals surface area contributed by atoms with Gasteiger partial charge in [-0.2, -0.15) is 0 Å². The molecule has 0 saturated carbocycles. The van der Waals surface area contributed by atoms with E-state index in [1.807, 2.05) is 30.3 Å². The second-order valence-corrected chi connectivity index (χ2v) is 9.42. The zero-order valence-corrected chi connectivity index (χ0v) is 20.2. The van der Waals surface area contributed by atoms with Gasteiger partial charge in [0.15, 0.2) is 0 Å². The third-order valence-corrected chi connectivity index (χ3v) is 7.17. The van der Waals surface area contributed by atoms with Gasteiger partial charge in [0, 0.05) is 43.8 Å². The van der Waals surface area contributed by atoms with Gasteiger partial charge in [-0.15, -0.1) is 0 Å². The molecule has 1 atom stereocenters. The number of benzene rings is 2. The van der Waals surface area contributed by atoms with Gasteiger partial charge in [-0.1, -0.05) is 18.5 Å². The summed E-state index contributed by atoms with van der Waals surface area (Å²) in [5, 5.41) is 4.58. The van der Waals surface area contributed by atoms with Crippen molar-refractivity contribution in [2.24, 2.45) is 0 Å². The highest BCUT2D eigenvalue weighted by molar-refractivity contribution is 6.36. The minimum Gasteiger partial charge on any atom is -0.486 e. The minimum atomic E-state index is -0.205. The maximum atomic E-state index is 13.2. The fourth-order valence-corrected chi connectivity index (χ4v) is 5.10. The molecule has 6 nitrogen and oxygen atoms in total. The highest BCUT2D eigenvalue weighted by Gasteiger charge is 2.27. The van der Waals surface area contributed by atoms with Gasteiger partial charge in [0.2, 0.25) is 0 Å². The van der Waals surface area contributed by atoms with E-state index in [1.165, 1.54) is 12.1 Å². The highest BCUT2D eigenvalue weighted by atomic mass is 35.5. The molecule has 180 valence electrons. The van der Waals surface area contributed by atoms with Crippen molar-refractivity contribution in [3.8, 4) is 5.75 Å². The molecule has 3 aromatic rings. The van der Waals surface area contributed by atoms with Gasteiger partial charge in [-0.3, -0.25) is 9.69 Å². The second kappa shape index (κ2) is 9.84. The van der Waals surface area contributed by atoms with Crippen LogP contribution in [-0.2, 0) is 6.54 Å². The zero-order chi connectivity index (χ0) is 23.7. The molecule has 8 heteroatoms. The van der Waals surface area contributed by atoms with Crippen molar-refractivity contribution in [1.29, 1.82) is 0 Å². The number of carbonyl (C=O) groups is 1. The summed E-state index contributed by atoms with van der Waals surface area (Å²) in [7, 11) is 0. The maximum absolute atomic E-state index is 13.2. The predicted octanol–water partition coefficient (Wildman–Crippen LogP) is 4.55. The summed E-state index contributed by atoms with van der Waals surface area (Å²) in [5.41, 5.74) is 2.61. The average molecular weight is 485 g/mol. The highest BCUT2D eigenvalue weighted by Crippen LogP contribution is 2.38. The lowest BCUT2D eigenvalue weighted by Gasteiger charge is -2.36. The largest absolute Gasteiger partial charge is 0.486 e. The lowest BCUT2D eigenvalue weighted by atomic mass is 10.2. The van der Waals surface area contributed by atoms with Gasteiger partial charge >= 0.3 is 0 Å². The van der Waals surface area contributed by atoms with Crippen molar-refractivity contribution in [2.45, 2.75) is 32.4 Å². The van der Waals surface area contributed by atoms with Crippen molar-refractivity contribution in [3.63, 3.8) is 0 Å². The van der Waals surface area contributed by atoms with Gasteiger partial charge in [-0.05, 0) is 61.9 Å². The van der Waals surface area contributed by atoms with Crippen LogP contribution in [0.4, 0.5) is 10.1 Å². The number of nitrogens with zero attached hydrogens (tertiary/aromatic N) is 3. The first-order chi connectivity index (χ1) is 16.5. The van der Waals surface area contributed by atoms with Crippen LogP contribution in [0, 0.1) is 5.82 Å². The van der Waals surface area contributed by atoms with Crippen molar-refractivity contribution in [3.05, 3.63) is 59.0 Å². The van der Waals surface area contributed by atoms with Gasteiger partial charge in [0.1, 0.15) is 23.4 Å². The molecular weight excluding hydrogens is 455 g/mol. The van der Waals surface area contributed by atoms with Crippen molar-refractivity contribution in [2.75, 3.05) is 44.2 Å². The number of aromatic nitrogens is 1. The van der Waals surface area contributed by atoms with Crippen LogP contribution in [-0.4, -0.2) is 60.7 Å². The first-order valence-electron chi connectivity index (χ1n) is 12.0. The fourth-order valence-electron chi connectivity index (χ4n) is 4.90. The number of ether oxygens (including phenoxy) is 1. The number of anilines is 1. The van der Waals surface area contributed by atoms with Gasteiger partial charge < -0.3 is 19.5 Å². The van der Waals surface area contributed by atoms with E-state index in [-0.39, 0.29) is 17.8 Å². The van der Waals surface area contributed by atoms with Crippen molar-refractivity contribution >= 4 is 34.1 Å². The Bertz CT molecular complexity index is 1170. The predicted molar refractivity (Wildman–Crippen MR) is 134 cm³/mol. The first kappa shape index (κ1) is 23.0. The van der Waals surface area contributed by atoms with Crippen LogP contribution < -0.4 is 15.0 Å². The molecule has 2 aliphatic heterocycles. The summed E-state index contributed by atoms with van der Waals surface area (Å²) < 4.78 is 21.3. The van der Waals surface area contributed by atoms with Crippen LogP contribution in [0.3, 0.4) is 0 Å². The lowest BCUT2D eigenvalue weighted by Crippen LogP contribution is -2.47. The second-order valence-electron chi connectivity index (χ2n) is 9.01. The van der Waals surface area contributed by atoms with E-state index in [2.05, 4.69) is 26.6 Å². The van der Waals surface area contributed by atoms with Gasteiger partial charge in [0.05, 0.1) is 17.1 Å². The molecule has 0 bridgehead atoms.